The van der Waals surface area contributed by atoms with Crippen molar-refractivity contribution in [1.29, 1.82) is 0 Å². The highest BCUT2D eigenvalue weighted by molar-refractivity contribution is 5.61. The quantitative estimate of drug-likeness (QED) is 0.582. The van der Waals surface area contributed by atoms with E-state index < -0.39 is 0 Å². The minimum Gasteiger partial charge on any atom is -0.115 e. The lowest BCUT2D eigenvalue weighted by atomic mass is 10.0. The van der Waals surface area contributed by atoms with Gasteiger partial charge in [0.1, 0.15) is 0 Å². The van der Waals surface area contributed by atoms with Crippen molar-refractivity contribution in [2.75, 3.05) is 0 Å². The Labute approximate surface area is 85.7 Å². The van der Waals surface area contributed by atoms with Gasteiger partial charge in [-0.15, -0.1) is 6.42 Å². The molecule has 0 amide bonds. The molecule has 0 nitrogen and oxygen atoms in total. The van der Waals surface area contributed by atoms with Crippen LogP contribution in [0.1, 0.15) is 36.8 Å². The van der Waals surface area contributed by atoms with Gasteiger partial charge in [-0.1, -0.05) is 35.8 Å². The highest BCUT2D eigenvalue weighted by atomic mass is 14.1. The first-order valence-corrected chi connectivity index (χ1v) is 5.15. The van der Waals surface area contributed by atoms with Gasteiger partial charge in [0, 0.05) is 5.56 Å². The largest absolute Gasteiger partial charge is 0.115 e. The van der Waals surface area contributed by atoms with Crippen molar-refractivity contribution in [3.63, 3.8) is 0 Å². The van der Waals surface area contributed by atoms with Gasteiger partial charge >= 0.3 is 0 Å². The van der Waals surface area contributed by atoms with Crippen LogP contribution in [0.4, 0.5) is 0 Å². The summed E-state index contributed by atoms with van der Waals surface area (Å²) in [6.45, 7) is 0. The normalized spacial score (nSPS) is 15.2. The Hall–Kier alpha value is -1.48. The van der Waals surface area contributed by atoms with Crippen molar-refractivity contribution in [2.24, 2.45) is 0 Å². The van der Waals surface area contributed by atoms with E-state index in [1.54, 1.807) is 5.57 Å². The van der Waals surface area contributed by atoms with E-state index in [-0.39, 0.29) is 0 Å². The van der Waals surface area contributed by atoms with Crippen LogP contribution < -0.4 is 0 Å². The second-order valence-corrected chi connectivity index (χ2v) is 3.74. The summed E-state index contributed by atoms with van der Waals surface area (Å²) in [5, 5.41) is 0. The fourth-order valence-corrected chi connectivity index (χ4v) is 1.95. The van der Waals surface area contributed by atoms with Crippen LogP contribution in [-0.4, -0.2) is 0 Å². The van der Waals surface area contributed by atoms with Crippen LogP contribution in [0.3, 0.4) is 0 Å². The van der Waals surface area contributed by atoms with Crippen LogP contribution in [0.15, 0.2) is 29.8 Å². The number of terminal acetylenes is 1. The van der Waals surface area contributed by atoms with Crippen molar-refractivity contribution >= 4 is 6.08 Å². The van der Waals surface area contributed by atoms with E-state index in [0.29, 0.717) is 0 Å². The Balaban J connectivity index is 2.32. The van der Waals surface area contributed by atoms with Crippen LogP contribution in [0.2, 0.25) is 0 Å². The van der Waals surface area contributed by atoms with Crippen LogP contribution >= 0.6 is 0 Å². The number of hydrogen-bond acceptors (Lipinski definition) is 0. The molecule has 0 atom stereocenters. The molecule has 1 aromatic carbocycles. The maximum atomic E-state index is 5.45. The molecule has 2 rings (SSSR count). The monoisotopic (exact) mass is 182 g/mol. The van der Waals surface area contributed by atoms with Gasteiger partial charge in [0.15, 0.2) is 0 Å². The van der Waals surface area contributed by atoms with Crippen LogP contribution in [0.5, 0.6) is 0 Å². The molecule has 1 saturated carbocycles. The summed E-state index contributed by atoms with van der Waals surface area (Å²) in [5.41, 5.74) is 3.76. The van der Waals surface area contributed by atoms with Gasteiger partial charge in [0.05, 0.1) is 0 Å². The minimum atomic E-state index is 1.01. The van der Waals surface area contributed by atoms with Crippen LogP contribution in [0.25, 0.3) is 6.08 Å². The van der Waals surface area contributed by atoms with E-state index >= 15 is 0 Å². The minimum absolute atomic E-state index is 1.01. The van der Waals surface area contributed by atoms with Crippen molar-refractivity contribution in [1.82, 2.24) is 0 Å². The zero-order valence-electron chi connectivity index (χ0n) is 8.29. The van der Waals surface area contributed by atoms with Crippen molar-refractivity contribution in [3.05, 3.63) is 41.0 Å². The zero-order valence-corrected chi connectivity index (χ0v) is 8.29. The first-order chi connectivity index (χ1) is 6.90. The molecule has 0 bridgehead atoms. The Morgan fingerprint density at radius 3 is 2.57 bits per heavy atom. The molecule has 0 aliphatic heterocycles. The zero-order chi connectivity index (χ0) is 9.80. The molecule has 0 unspecified atom stereocenters. The van der Waals surface area contributed by atoms with E-state index in [9.17, 15) is 0 Å². The molecule has 0 heterocycles. The number of rotatable bonds is 1. The summed E-state index contributed by atoms with van der Waals surface area (Å²) in [6.07, 6.45) is 12.9. The van der Waals surface area contributed by atoms with E-state index in [2.05, 4.69) is 18.1 Å². The SMILES string of the molecule is C#Cc1ccccc1C=C1CCCC1. The topological polar surface area (TPSA) is 0 Å². The third-order valence-corrected chi connectivity index (χ3v) is 2.72. The number of allylic oxidation sites excluding steroid dienone is 1. The molecule has 14 heavy (non-hydrogen) atoms. The summed E-state index contributed by atoms with van der Waals surface area (Å²) in [5.74, 6) is 2.72. The molecule has 1 aromatic rings. The van der Waals surface area contributed by atoms with E-state index in [0.717, 1.165) is 5.56 Å². The van der Waals surface area contributed by atoms with Gasteiger partial charge in [-0.05, 0) is 37.3 Å². The summed E-state index contributed by atoms with van der Waals surface area (Å²) >= 11 is 0. The molecule has 0 N–H and O–H groups in total. The average Bonchev–Trinajstić information content (AvgIpc) is 2.71. The molecular formula is C14H14. The van der Waals surface area contributed by atoms with Crippen molar-refractivity contribution < 1.29 is 0 Å². The Morgan fingerprint density at radius 1 is 1.14 bits per heavy atom. The third-order valence-electron chi connectivity index (χ3n) is 2.72. The van der Waals surface area contributed by atoms with E-state index in [1.807, 2.05) is 18.2 Å². The molecule has 1 fully saturated rings. The molecule has 0 aromatic heterocycles. The highest BCUT2D eigenvalue weighted by Crippen LogP contribution is 2.26. The van der Waals surface area contributed by atoms with Gasteiger partial charge < -0.3 is 0 Å². The molecule has 0 saturated heterocycles. The summed E-state index contributed by atoms with van der Waals surface area (Å²) in [7, 11) is 0. The lowest BCUT2D eigenvalue weighted by molar-refractivity contribution is 0.886. The predicted octanol–water partition coefficient (Wildman–Crippen LogP) is 3.63. The molecule has 1 aliphatic rings. The summed E-state index contributed by atoms with van der Waals surface area (Å²) in [6, 6.07) is 8.13. The second-order valence-electron chi connectivity index (χ2n) is 3.74. The van der Waals surface area contributed by atoms with Crippen LogP contribution in [0, 0.1) is 12.3 Å². The van der Waals surface area contributed by atoms with Crippen molar-refractivity contribution in [3.8, 4) is 12.3 Å². The predicted molar refractivity (Wildman–Crippen MR) is 60.8 cm³/mol. The van der Waals surface area contributed by atoms with Gasteiger partial charge in [0.2, 0.25) is 0 Å². The Morgan fingerprint density at radius 2 is 1.86 bits per heavy atom. The average molecular weight is 182 g/mol. The lowest BCUT2D eigenvalue weighted by Crippen LogP contribution is -1.82. The van der Waals surface area contributed by atoms with Crippen LogP contribution in [-0.2, 0) is 0 Å². The second kappa shape index (κ2) is 4.15. The van der Waals surface area contributed by atoms with E-state index in [1.165, 1.54) is 31.2 Å². The third kappa shape index (κ3) is 1.88. The molecule has 0 radical (unpaired) electrons. The Bertz CT molecular complexity index is 383. The highest BCUT2D eigenvalue weighted by Gasteiger charge is 2.06. The maximum Gasteiger partial charge on any atom is 0.0315 e. The number of benzene rings is 1. The first kappa shape index (κ1) is 9.09. The standard InChI is InChI=1S/C14H14/c1-2-13-9-5-6-10-14(13)11-12-7-3-4-8-12/h1,5-6,9-11H,3-4,7-8H2. The molecule has 70 valence electrons. The van der Waals surface area contributed by atoms with Gasteiger partial charge in [-0.3, -0.25) is 0 Å². The molecule has 0 heteroatoms. The Kier molecular flexibility index (Phi) is 2.70. The molecular weight excluding hydrogens is 168 g/mol. The smallest absolute Gasteiger partial charge is 0.0315 e. The fourth-order valence-electron chi connectivity index (χ4n) is 1.95. The first-order valence-electron chi connectivity index (χ1n) is 5.15. The molecule has 0 spiro atoms. The van der Waals surface area contributed by atoms with Crippen molar-refractivity contribution in [2.45, 2.75) is 25.7 Å². The van der Waals surface area contributed by atoms with Gasteiger partial charge in [-0.2, -0.15) is 0 Å². The maximum absolute atomic E-state index is 5.45. The van der Waals surface area contributed by atoms with E-state index in [4.69, 9.17) is 6.42 Å². The summed E-state index contributed by atoms with van der Waals surface area (Å²) < 4.78 is 0. The number of hydrogen-bond donors (Lipinski definition) is 0. The summed E-state index contributed by atoms with van der Waals surface area (Å²) in [4.78, 5) is 0. The van der Waals surface area contributed by atoms with Gasteiger partial charge in [-0.25, -0.2) is 0 Å². The lowest BCUT2D eigenvalue weighted by Gasteiger charge is -2.00. The molecule has 1 aliphatic carbocycles. The fraction of sp³-hybridized carbons (Fsp3) is 0.286. The van der Waals surface area contributed by atoms with Gasteiger partial charge in [0.25, 0.3) is 0 Å².